The highest BCUT2D eigenvalue weighted by molar-refractivity contribution is 5.73. The fourth-order valence-electron chi connectivity index (χ4n) is 1.28. The lowest BCUT2D eigenvalue weighted by Gasteiger charge is -2.12. The molecule has 1 aliphatic heterocycles. The second-order valence-electron chi connectivity index (χ2n) is 2.96. The predicted octanol–water partition coefficient (Wildman–Crippen LogP) is -1.07. The second kappa shape index (κ2) is 3.69. The zero-order valence-corrected chi connectivity index (χ0v) is 6.49. The van der Waals surface area contributed by atoms with Gasteiger partial charge in [0.05, 0.1) is 6.10 Å². The Labute approximate surface area is 66.0 Å². The number of aliphatic hydroxyl groups excluding tert-OH is 1. The molecule has 1 atom stereocenters. The van der Waals surface area contributed by atoms with Crippen LogP contribution in [-0.4, -0.2) is 41.7 Å². The highest BCUT2D eigenvalue weighted by Gasteiger charge is 2.19. The number of nitrogens with zero attached hydrogens (tertiary/aromatic N) is 1. The van der Waals surface area contributed by atoms with Crippen molar-refractivity contribution in [2.45, 2.75) is 18.9 Å². The summed E-state index contributed by atoms with van der Waals surface area (Å²) in [5, 5.41) is 9.11. The number of primary amides is 1. The minimum Gasteiger partial charge on any atom is -0.392 e. The first-order chi connectivity index (χ1) is 5.18. The maximum absolute atomic E-state index is 10.4. The van der Waals surface area contributed by atoms with Gasteiger partial charge >= 0.3 is 0 Å². The van der Waals surface area contributed by atoms with E-state index in [1.165, 1.54) is 0 Å². The van der Waals surface area contributed by atoms with Gasteiger partial charge in [0.2, 0.25) is 5.91 Å². The van der Waals surface area contributed by atoms with Crippen molar-refractivity contribution in [3.63, 3.8) is 0 Å². The standard InChI is InChI=1S/C7H14N2O2/c8-7(11)2-4-9-3-1-6(10)5-9/h6,10H,1-5H2,(H2,8,11)/t6-/m1/s1. The van der Waals surface area contributed by atoms with Crippen molar-refractivity contribution in [2.75, 3.05) is 19.6 Å². The lowest BCUT2D eigenvalue weighted by molar-refractivity contribution is -0.118. The number of hydrogen-bond acceptors (Lipinski definition) is 3. The van der Waals surface area contributed by atoms with E-state index in [0.29, 0.717) is 19.5 Å². The molecule has 1 heterocycles. The minimum atomic E-state index is -0.272. The van der Waals surface area contributed by atoms with Gasteiger partial charge in [0.1, 0.15) is 0 Å². The molecule has 4 nitrogen and oxygen atoms in total. The van der Waals surface area contributed by atoms with Gasteiger partial charge in [-0.3, -0.25) is 4.79 Å². The quantitative estimate of drug-likeness (QED) is 0.549. The van der Waals surface area contributed by atoms with E-state index in [4.69, 9.17) is 10.8 Å². The van der Waals surface area contributed by atoms with Crippen molar-refractivity contribution < 1.29 is 9.90 Å². The highest BCUT2D eigenvalue weighted by Crippen LogP contribution is 2.08. The average Bonchev–Trinajstić information content (AvgIpc) is 2.31. The summed E-state index contributed by atoms with van der Waals surface area (Å²) in [7, 11) is 0. The molecule has 3 N–H and O–H groups in total. The lowest BCUT2D eigenvalue weighted by Crippen LogP contribution is -2.26. The fourth-order valence-corrected chi connectivity index (χ4v) is 1.28. The molecule has 0 bridgehead atoms. The molecular formula is C7H14N2O2. The first-order valence-electron chi connectivity index (χ1n) is 3.87. The Kier molecular flexibility index (Phi) is 2.84. The Morgan fingerprint density at radius 3 is 2.91 bits per heavy atom. The summed E-state index contributed by atoms with van der Waals surface area (Å²) in [5.74, 6) is -0.272. The Bertz CT molecular complexity index is 149. The van der Waals surface area contributed by atoms with Gasteiger partial charge in [-0.2, -0.15) is 0 Å². The number of carbonyl (C=O) groups excluding carboxylic acids is 1. The molecule has 0 spiro atoms. The summed E-state index contributed by atoms with van der Waals surface area (Å²) in [6.45, 7) is 2.26. The maximum atomic E-state index is 10.4. The Morgan fingerprint density at radius 2 is 2.45 bits per heavy atom. The van der Waals surface area contributed by atoms with Gasteiger partial charge in [0.15, 0.2) is 0 Å². The van der Waals surface area contributed by atoms with Crippen molar-refractivity contribution in [1.82, 2.24) is 4.90 Å². The van der Waals surface area contributed by atoms with Crippen molar-refractivity contribution in [2.24, 2.45) is 5.73 Å². The van der Waals surface area contributed by atoms with Gasteiger partial charge in [0.25, 0.3) is 0 Å². The average molecular weight is 158 g/mol. The van der Waals surface area contributed by atoms with Crippen molar-refractivity contribution >= 4 is 5.91 Å². The number of hydrogen-bond donors (Lipinski definition) is 2. The zero-order valence-electron chi connectivity index (χ0n) is 6.49. The van der Waals surface area contributed by atoms with Crippen LogP contribution in [-0.2, 0) is 4.79 Å². The molecular weight excluding hydrogens is 144 g/mol. The maximum Gasteiger partial charge on any atom is 0.218 e. The molecule has 0 aromatic carbocycles. The van der Waals surface area contributed by atoms with E-state index in [9.17, 15) is 4.79 Å². The van der Waals surface area contributed by atoms with Gasteiger partial charge in [0, 0.05) is 26.1 Å². The number of likely N-dealkylation sites (tertiary alicyclic amines) is 1. The van der Waals surface area contributed by atoms with Crippen LogP contribution in [0.5, 0.6) is 0 Å². The first kappa shape index (κ1) is 8.49. The van der Waals surface area contributed by atoms with Crippen LogP contribution in [0.2, 0.25) is 0 Å². The zero-order chi connectivity index (χ0) is 8.27. The van der Waals surface area contributed by atoms with E-state index in [1.807, 2.05) is 0 Å². The van der Waals surface area contributed by atoms with Gasteiger partial charge in [-0.1, -0.05) is 0 Å². The summed E-state index contributed by atoms with van der Waals surface area (Å²) >= 11 is 0. The number of aliphatic hydroxyl groups is 1. The van der Waals surface area contributed by atoms with Crippen molar-refractivity contribution in [3.05, 3.63) is 0 Å². The minimum absolute atomic E-state index is 0.206. The SMILES string of the molecule is NC(=O)CCN1CC[C@@H](O)C1. The van der Waals surface area contributed by atoms with E-state index in [-0.39, 0.29) is 12.0 Å². The first-order valence-corrected chi connectivity index (χ1v) is 3.87. The normalized spacial score (nSPS) is 25.7. The summed E-state index contributed by atoms with van der Waals surface area (Å²) in [4.78, 5) is 12.4. The summed E-state index contributed by atoms with van der Waals surface area (Å²) in [5.41, 5.74) is 4.98. The van der Waals surface area contributed by atoms with Crippen LogP contribution in [0.4, 0.5) is 0 Å². The molecule has 1 aliphatic rings. The molecule has 1 amide bonds. The van der Waals surface area contributed by atoms with E-state index >= 15 is 0 Å². The molecule has 1 fully saturated rings. The fraction of sp³-hybridized carbons (Fsp3) is 0.857. The Morgan fingerprint density at radius 1 is 1.73 bits per heavy atom. The molecule has 0 aromatic heterocycles. The van der Waals surface area contributed by atoms with Gasteiger partial charge in [-0.15, -0.1) is 0 Å². The predicted molar refractivity (Wildman–Crippen MR) is 40.9 cm³/mol. The molecule has 11 heavy (non-hydrogen) atoms. The largest absolute Gasteiger partial charge is 0.392 e. The van der Waals surface area contributed by atoms with E-state index in [1.54, 1.807) is 0 Å². The second-order valence-corrected chi connectivity index (χ2v) is 2.96. The molecule has 0 aliphatic carbocycles. The number of amides is 1. The summed E-state index contributed by atoms with van der Waals surface area (Å²) in [6, 6.07) is 0. The number of β-amino-alcohol motifs (C(OH)–C–C–N with tert-alkyl or cyclic N) is 1. The molecule has 0 saturated carbocycles. The smallest absolute Gasteiger partial charge is 0.218 e. The third-order valence-electron chi connectivity index (χ3n) is 1.92. The molecule has 0 unspecified atom stereocenters. The topological polar surface area (TPSA) is 66.6 Å². The highest BCUT2D eigenvalue weighted by atomic mass is 16.3. The molecule has 64 valence electrons. The number of carbonyl (C=O) groups is 1. The van der Waals surface area contributed by atoms with Crippen LogP contribution in [0, 0.1) is 0 Å². The lowest BCUT2D eigenvalue weighted by atomic mass is 10.3. The third kappa shape index (κ3) is 2.86. The van der Waals surface area contributed by atoms with Crippen LogP contribution >= 0.6 is 0 Å². The Balaban J connectivity index is 2.13. The third-order valence-corrected chi connectivity index (χ3v) is 1.92. The number of rotatable bonds is 3. The van der Waals surface area contributed by atoms with Gasteiger partial charge in [-0.25, -0.2) is 0 Å². The van der Waals surface area contributed by atoms with E-state index < -0.39 is 0 Å². The van der Waals surface area contributed by atoms with Crippen LogP contribution in [0.25, 0.3) is 0 Å². The van der Waals surface area contributed by atoms with E-state index in [2.05, 4.69) is 4.90 Å². The Hall–Kier alpha value is -0.610. The molecule has 1 saturated heterocycles. The molecule has 0 radical (unpaired) electrons. The van der Waals surface area contributed by atoms with Crippen LogP contribution in [0.15, 0.2) is 0 Å². The van der Waals surface area contributed by atoms with Gasteiger partial charge < -0.3 is 15.7 Å². The summed E-state index contributed by atoms with van der Waals surface area (Å²) < 4.78 is 0. The molecule has 0 aromatic rings. The monoisotopic (exact) mass is 158 g/mol. The molecule has 1 rings (SSSR count). The van der Waals surface area contributed by atoms with Crippen LogP contribution in [0.3, 0.4) is 0 Å². The molecule has 4 heteroatoms. The van der Waals surface area contributed by atoms with E-state index in [0.717, 1.165) is 13.0 Å². The van der Waals surface area contributed by atoms with Crippen LogP contribution in [0.1, 0.15) is 12.8 Å². The summed E-state index contributed by atoms with van der Waals surface area (Å²) in [6.07, 6.45) is 1.01. The van der Waals surface area contributed by atoms with Crippen molar-refractivity contribution in [1.29, 1.82) is 0 Å². The van der Waals surface area contributed by atoms with Gasteiger partial charge in [-0.05, 0) is 6.42 Å². The van der Waals surface area contributed by atoms with Crippen molar-refractivity contribution in [3.8, 4) is 0 Å². The number of nitrogens with two attached hydrogens (primary N) is 1. The van der Waals surface area contributed by atoms with Crippen LogP contribution < -0.4 is 5.73 Å².